The van der Waals surface area contributed by atoms with Gasteiger partial charge in [-0.15, -0.1) is 0 Å². The number of carbonyl (C=O) groups is 2. The van der Waals surface area contributed by atoms with Crippen LogP contribution in [0.15, 0.2) is 24.8 Å². The molecule has 0 fully saturated rings. The molecule has 0 radical (unpaired) electrons. The minimum atomic E-state index is -0.516. The molecule has 0 aliphatic carbocycles. The number of hydrogen-bond donors (Lipinski definition) is 3. The summed E-state index contributed by atoms with van der Waals surface area (Å²) in [5, 5.41) is 5.69. The van der Waals surface area contributed by atoms with Crippen LogP contribution in [-0.4, -0.2) is 34.2 Å². The van der Waals surface area contributed by atoms with E-state index in [1.807, 2.05) is 20.8 Å². The van der Waals surface area contributed by atoms with Crippen LogP contribution in [0.3, 0.4) is 0 Å². The number of nitrogens with zero attached hydrogens (tertiary/aromatic N) is 1. The van der Waals surface area contributed by atoms with Crippen LogP contribution >= 0.6 is 0 Å². The smallest absolute Gasteiger partial charge is 0.222 e. The Morgan fingerprint density at radius 3 is 2.52 bits per heavy atom. The number of H-pyrrole nitrogens is 1. The van der Waals surface area contributed by atoms with Gasteiger partial charge in [0.2, 0.25) is 5.91 Å². The van der Waals surface area contributed by atoms with Crippen LogP contribution in [0.1, 0.15) is 39.8 Å². The Bertz CT molecular complexity index is 441. The number of amides is 1. The summed E-state index contributed by atoms with van der Waals surface area (Å²) in [6, 6.07) is -0.516. The molecule has 21 heavy (non-hydrogen) atoms. The number of Topliss-reactive ketones (excluding diaryl/α,β-unsaturated/α-hetero) is 1. The van der Waals surface area contributed by atoms with Gasteiger partial charge in [-0.3, -0.25) is 9.59 Å². The Hall–Kier alpha value is -2.11. The van der Waals surface area contributed by atoms with Crippen LogP contribution in [0, 0.1) is 0 Å². The van der Waals surface area contributed by atoms with E-state index in [9.17, 15) is 9.59 Å². The molecule has 0 saturated carbocycles. The Morgan fingerprint density at radius 2 is 2.05 bits per heavy atom. The van der Waals surface area contributed by atoms with Crippen molar-refractivity contribution < 1.29 is 9.59 Å². The summed E-state index contributed by atoms with van der Waals surface area (Å²) in [4.78, 5) is 30.0. The number of aromatic amines is 1. The zero-order valence-corrected chi connectivity index (χ0v) is 13.3. The summed E-state index contributed by atoms with van der Waals surface area (Å²) in [5.41, 5.74) is 1.63. The first-order valence-corrected chi connectivity index (χ1v) is 7.15. The van der Waals surface area contributed by atoms with Crippen molar-refractivity contribution in [1.29, 1.82) is 0 Å². The maximum Gasteiger partial charge on any atom is 0.222 e. The van der Waals surface area contributed by atoms with E-state index in [0.717, 1.165) is 11.4 Å². The third kappa shape index (κ3) is 8.62. The first kappa shape index (κ1) is 18.9. The van der Waals surface area contributed by atoms with E-state index in [-0.39, 0.29) is 11.7 Å². The fraction of sp³-hybridized carbons (Fsp3) is 0.533. The van der Waals surface area contributed by atoms with Gasteiger partial charge in [-0.1, -0.05) is 20.4 Å². The Kier molecular flexibility index (Phi) is 9.58. The van der Waals surface area contributed by atoms with E-state index in [2.05, 4.69) is 27.2 Å². The first-order chi connectivity index (χ1) is 9.99. The quantitative estimate of drug-likeness (QED) is 0.679. The van der Waals surface area contributed by atoms with Gasteiger partial charge in [0.05, 0.1) is 12.4 Å². The number of hydrogen-bond acceptors (Lipinski definition) is 4. The molecule has 0 aliphatic heterocycles. The standard InChI is InChI=1S/C13H20N4O2.C2H6/c1-9(2)15-5-4-13(19)17-12(10(3)18)6-11-7-14-8-16-11;1-2/h7-8,12,15H,1,4-6H2,2-3H3,(H,14,16)(H,17,19);1-2H3. The van der Waals surface area contributed by atoms with E-state index < -0.39 is 6.04 Å². The van der Waals surface area contributed by atoms with Gasteiger partial charge in [-0.25, -0.2) is 4.98 Å². The van der Waals surface area contributed by atoms with Crippen molar-refractivity contribution in [3.8, 4) is 0 Å². The van der Waals surface area contributed by atoms with Gasteiger partial charge in [0.25, 0.3) is 0 Å². The Balaban J connectivity index is 0.00000191. The van der Waals surface area contributed by atoms with E-state index in [4.69, 9.17) is 0 Å². The second kappa shape index (κ2) is 10.7. The molecule has 118 valence electrons. The van der Waals surface area contributed by atoms with Crippen LogP contribution in [0.5, 0.6) is 0 Å². The minimum Gasteiger partial charge on any atom is -0.389 e. The van der Waals surface area contributed by atoms with Gasteiger partial charge in [0.1, 0.15) is 0 Å². The molecule has 0 aliphatic rings. The maximum absolute atomic E-state index is 11.7. The third-order valence-corrected chi connectivity index (χ3v) is 2.58. The average Bonchev–Trinajstić information content (AvgIpc) is 2.92. The van der Waals surface area contributed by atoms with Crippen LogP contribution < -0.4 is 10.6 Å². The fourth-order valence-electron chi connectivity index (χ4n) is 1.57. The van der Waals surface area contributed by atoms with Crippen molar-refractivity contribution in [3.05, 3.63) is 30.5 Å². The normalized spacial score (nSPS) is 10.9. The summed E-state index contributed by atoms with van der Waals surface area (Å²) in [7, 11) is 0. The SMILES string of the molecule is C=C(C)NCCC(=O)NC(Cc1cnc[nH]1)C(C)=O.CC. The zero-order valence-electron chi connectivity index (χ0n) is 13.3. The van der Waals surface area contributed by atoms with Crippen molar-refractivity contribution in [3.63, 3.8) is 0 Å². The lowest BCUT2D eigenvalue weighted by Crippen LogP contribution is -2.42. The average molecular weight is 294 g/mol. The summed E-state index contributed by atoms with van der Waals surface area (Å²) in [5.74, 6) is -0.232. The summed E-state index contributed by atoms with van der Waals surface area (Å²) in [6.45, 7) is 11.5. The minimum absolute atomic E-state index is 0.0733. The molecule has 1 aromatic rings. The monoisotopic (exact) mass is 294 g/mol. The third-order valence-electron chi connectivity index (χ3n) is 2.58. The summed E-state index contributed by atoms with van der Waals surface area (Å²) >= 11 is 0. The molecule has 6 nitrogen and oxygen atoms in total. The lowest BCUT2D eigenvalue weighted by Gasteiger charge is -2.15. The van der Waals surface area contributed by atoms with Crippen LogP contribution in [0.2, 0.25) is 0 Å². The summed E-state index contributed by atoms with van der Waals surface area (Å²) in [6.07, 6.45) is 3.92. The highest BCUT2D eigenvalue weighted by molar-refractivity contribution is 5.87. The fourth-order valence-corrected chi connectivity index (χ4v) is 1.57. The molecule has 3 N–H and O–H groups in total. The van der Waals surface area contributed by atoms with Gasteiger partial charge in [-0.2, -0.15) is 0 Å². The number of imidazole rings is 1. The lowest BCUT2D eigenvalue weighted by molar-refractivity contribution is -0.126. The van der Waals surface area contributed by atoms with Crippen molar-refractivity contribution in [2.24, 2.45) is 0 Å². The van der Waals surface area contributed by atoms with E-state index in [1.165, 1.54) is 6.92 Å². The van der Waals surface area contributed by atoms with Crippen LogP contribution in [0.4, 0.5) is 0 Å². The highest BCUT2D eigenvalue weighted by Gasteiger charge is 2.17. The number of allylic oxidation sites excluding steroid dienone is 1. The van der Waals surface area contributed by atoms with Crippen molar-refractivity contribution in [2.45, 2.75) is 46.6 Å². The number of ketones is 1. The lowest BCUT2D eigenvalue weighted by atomic mass is 10.1. The second-order valence-electron chi connectivity index (χ2n) is 4.47. The molecule has 0 spiro atoms. The number of rotatable bonds is 8. The van der Waals surface area contributed by atoms with Crippen LogP contribution in [-0.2, 0) is 16.0 Å². The highest BCUT2D eigenvalue weighted by Crippen LogP contribution is 2.00. The van der Waals surface area contributed by atoms with E-state index in [1.54, 1.807) is 12.5 Å². The van der Waals surface area contributed by atoms with Gasteiger partial charge < -0.3 is 15.6 Å². The van der Waals surface area contributed by atoms with E-state index >= 15 is 0 Å². The molecule has 1 amide bonds. The van der Waals surface area contributed by atoms with Gasteiger partial charge in [-0.05, 0) is 13.8 Å². The Morgan fingerprint density at radius 1 is 1.38 bits per heavy atom. The predicted octanol–water partition coefficient (Wildman–Crippen LogP) is 1.57. The maximum atomic E-state index is 11.7. The molecular formula is C15H26N4O2. The molecule has 0 saturated heterocycles. The molecule has 0 aromatic carbocycles. The number of carbonyl (C=O) groups excluding carboxylic acids is 2. The summed E-state index contributed by atoms with van der Waals surface area (Å²) < 4.78 is 0. The molecule has 1 aromatic heterocycles. The largest absolute Gasteiger partial charge is 0.389 e. The number of nitrogens with one attached hydrogen (secondary N) is 3. The first-order valence-electron chi connectivity index (χ1n) is 7.15. The predicted molar refractivity (Wildman–Crippen MR) is 83.7 cm³/mol. The number of aromatic nitrogens is 2. The molecular weight excluding hydrogens is 268 g/mol. The highest BCUT2D eigenvalue weighted by atomic mass is 16.2. The topological polar surface area (TPSA) is 86.9 Å². The zero-order chi connectivity index (χ0) is 16.3. The molecule has 0 bridgehead atoms. The van der Waals surface area contributed by atoms with Gasteiger partial charge in [0, 0.05) is 37.0 Å². The van der Waals surface area contributed by atoms with Gasteiger partial charge in [0.15, 0.2) is 5.78 Å². The van der Waals surface area contributed by atoms with E-state index in [0.29, 0.717) is 19.4 Å². The second-order valence-corrected chi connectivity index (χ2v) is 4.47. The van der Waals surface area contributed by atoms with Crippen molar-refractivity contribution in [2.75, 3.05) is 6.54 Å². The molecule has 1 unspecified atom stereocenters. The molecule has 1 heterocycles. The van der Waals surface area contributed by atoms with Crippen LogP contribution in [0.25, 0.3) is 0 Å². The molecule has 1 atom stereocenters. The molecule has 6 heteroatoms. The van der Waals surface area contributed by atoms with Crippen molar-refractivity contribution in [1.82, 2.24) is 20.6 Å². The van der Waals surface area contributed by atoms with Crippen molar-refractivity contribution >= 4 is 11.7 Å². The Labute approximate surface area is 126 Å². The molecule has 1 rings (SSSR count). The van der Waals surface area contributed by atoms with Gasteiger partial charge >= 0.3 is 0 Å².